The third kappa shape index (κ3) is 2.88. The lowest BCUT2D eigenvalue weighted by molar-refractivity contribution is 0.0158. The number of hydrogen-bond donors (Lipinski definition) is 0. The Morgan fingerprint density at radius 2 is 2.00 bits per heavy atom. The molecule has 0 saturated heterocycles. The van der Waals surface area contributed by atoms with Crippen molar-refractivity contribution in [1.29, 1.82) is 0 Å². The van der Waals surface area contributed by atoms with Crippen LogP contribution in [0.3, 0.4) is 0 Å². The van der Waals surface area contributed by atoms with Crippen molar-refractivity contribution in [2.45, 2.75) is 40.0 Å². The lowest BCUT2D eigenvalue weighted by Gasteiger charge is -2.16. The van der Waals surface area contributed by atoms with Crippen LogP contribution < -0.4 is 5.56 Å². The van der Waals surface area contributed by atoms with Gasteiger partial charge in [-0.25, -0.2) is 13.8 Å². The average Bonchev–Trinajstić information content (AvgIpc) is 2.42. The molecule has 0 aliphatic heterocycles. The van der Waals surface area contributed by atoms with E-state index in [2.05, 4.69) is 10.1 Å². The zero-order valence-electron chi connectivity index (χ0n) is 12.7. The minimum Gasteiger partial charge on any atom is -0.267 e. The Bertz CT molecular complexity index is 782. The number of hydrogen-bond acceptors (Lipinski definition) is 3. The zero-order chi connectivity index (χ0) is 16.7. The molecule has 0 unspecified atom stereocenters. The largest absolute Gasteiger partial charge is 0.276 e. The number of aromatic nitrogens is 3. The quantitative estimate of drug-likeness (QED) is 0.865. The van der Waals surface area contributed by atoms with Gasteiger partial charge in [0.25, 0.3) is 11.5 Å². The number of halogens is 3. The molecule has 7 heteroatoms. The van der Waals surface area contributed by atoms with E-state index in [1.165, 1.54) is 0 Å². The number of nitrogens with zero attached hydrogens (tertiary/aromatic N) is 3. The van der Waals surface area contributed by atoms with Crippen LogP contribution in [0.25, 0.3) is 5.82 Å². The highest BCUT2D eigenvalue weighted by Crippen LogP contribution is 2.28. The van der Waals surface area contributed by atoms with Crippen LogP contribution in [0.1, 0.15) is 36.2 Å². The van der Waals surface area contributed by atoms with Gasteiger partial charge in [-0.1, -0.05) is 18.5 Å². The average molecular weight is 328 g/mol. The molecular formula is C15H16ClF2N3O. The predicted octanol–water partition coefficient (Wildman–Crippen LogP) is 3.57. The lowest BCUT2D eigenvalue weighted by Crippen LogP contribution is -2.30. The van der Waals surface area contributed by atoms with E-state index in [9.17, 15) is 13.6 Å². The molecule has 0 bridgehead atoms. The van der Waals surface area contributed by atoms with Crippen LogP contribution in [0, 0.1) is 13.8 Å². The highest BCUT2D eigenvalue weighted by Gasteiger charge is 2.30. The summed E-state index contributed by atoms with van der Waals surface area (Å²) >= 11 is 5.99. The highest BCUT2D eigenvalue weighted by molar-refractivity contribution is 6.31. The van der Waals surface area contributed by atoms with Gasteiger partial charge in [0.1, 0.15) is 0 Å². The Morgan fingerprint density at radius 3 is 2.55 bits per heavy atom. The van der Waals surface area contributed by atoms with Crippen LogP contribution in [-0.2, 0) is 12.3 Å². The molecule has 22 heavy (non-hydrogen) atoms. The number of rotatable bonds is 3. The fraction of sp³-hybridized carbons (Fsp3) is 0.400. The summed E-state index contributed by atoms with van der Waals surface area (Å²) < 4.78 is 28.2. The molecule has 0 aliphatic carbocycles. The van der Waals surface area contributed by atoms with Gasteiger partial charge in [-0.2, -0.15) is 9.78 Å². The topological polar surface area (TPSA) is 47.8 Å². The van der Waals surface area contributed by atoms with Crippen molar-refractivity contribution in [2.75, 3.05) is 0 Å². The third-order valence-electron chi connectivity index (χ3n) is 3.42. The molecule has 2 aromatic rings. The van der Waals surface area contributed by atoms with E-state index in [0.717, 1.165) is 17.8 Å². The van der Waals surface area contributed by atoms with E-state index < -0.39 is 11.5 Å². The van der Waals surface area contributed by atoms with Crippen molar-refractivity contribution >= 4 is 11.6 Å². The van der Waals surface area contributed by atoms with Crippen LogP contribution in [0.15, 0.2) is 17.1 Å². The molecule has 0 amide bonds. The normalized spacial score (nSPS) is 11.8. The molecule has 0 N–H and O–H groups in total. The van der Waals surface area contributed by atoms with E-state index >= 15 is 0 Å². The van der Waals surface area contributed by atoms with Crippen LogP contribution in [-0.4, -0.2) is 14.8 Å². The van der Waals surface area contributed by atoms with Crippen LogP contribution in [0.4, 0.5) is 8.78 Å². The fourth-order valence-electron chi connectivity index (χ4n) is 2.23. The van der Waals surface area contributed by atoms with Gasteiger partial charge in [0.2, 0.25) is 0 Å². The first kappa shape index (κ1) is 16.5. The zero-order valence-corrected chi connectivity index (χ0v) is 13.5. The summed E-state index contributed by atoms with van der Waals surface area (Å²) in [5.74, 6) is -2.82. The molecule has 2 rings (SSSR count). The van der Waals surface area contributed by atoms with Gasteiger partial charge in [0, 0.05) is 18.1 Å². The first-order valence-corrected chi connectivity index (χ1v) is 7.18. The molecule has 2 heterocycles. The smallest absolute Gasteiger partial charge is 0.267 e. The third-order valence-corrected chi connectivity index (χ3v) is 3.80. The Kier molecular flexibility index (Phi) is 4.33. The molecule has 0 fully saturated rings. The van der Waals surface area contributed by atoms with Crippen molar-refractivity contribution < 1.29 is 8.78 Å². The van der Waals surface area contributed by atoms with Gasteiger partial charge in [-0.3, -0.25) is 4.79 Å². The predicted molar refractivity (Wildman–Crippen MR) is 81.1 cm³/mol. The van der Waals surface area contributed by atoms with Crippen molar-refractivity contribution in [2.24, 2.45) is 0 Å². The van der Waals surface area contributed by atoms with Crippen molar-refractivity contribution in [3.8, 4) is 5.82 Å². The number of alkyl halides is 2. The van der Waals surface area contributed by atoms with Crippen molar-refractivity contribution in [3.05, 3.63) is 50.0 Å². The highest BCUT2D eigenvalue weighted by atomic mass is 35.5. The van der Waals surface area contributed by atoms with Gasteiger partial charge in [0.05, 0.1) is 16.9 Å². The Morgan fingerprint density at radius 1 is 1.36 bits per heavy atom. The van der Waals surface area contributed by atoms with Gasteiger partial charge < -0.3 is 0 Å². The first-order valence-electron chi connectivity index (χ1n) is 6.80. The Hall–Kier alpha value is -1.82. The second-order valence-electron chi connectivity index (χ2n) is 5.19. The maximum absolute atomic E-state index is 13.6. The van der Waals surface area contributed by atoms with Crippen molar-refractivity contribution in [1.82, 2.24) is 14.8 Å². The number of pyridine rings is 1. The van der Waals surface area contributed by atoms with Gasteiger partial charge in [-0.05, 0) is 31.9 Å². The summed E-state index contributed by atoms with van der Waals surface area (Å²) in [6.07, 6.45) is 1.22. The monoisotopic (exact) mass is 327 g/mol. The van der Waals surface area contributed by atoms with E-state index in [-0.39, 0.29) is 17.5 Å². The SMILES string of the molecule is CCc1c(C(C)(F)F)cnn(-c2nc(C)c(Cl)cc2C)c1=O. The minimum atomic E-state index is -3.12. The maximum atomic E-state index is 13.6. The van der Waals surface area contributed by atoms with Gasteiger partial charge in [0.15, 0.2) is 5.82 Å². The van der Waals surface area contributed by atoms with Crippen LogP contribution in [0.2, 0.25) is 5.02 Å². The number of aryl methyl sites for hydroxylation is 2. The van der Waals surface area contributed by atoms with Gasteiger partial charge in [-0.15, -0.1) is 0 Å². The summed E-state index contributed by atoms with van der Waals surface area (Å²) in [5, 5.41) is 4.35. The molecule has 2 aromatic heterocycles. The minimum absolute atomic E-state index is 0.0382. The molecule has 0 atom stereocenters. The lowest BCUT2D eigenvalue weighted by atomic mass is 10.0. The summed E-state index contributed by atoms with van der Waals surface area (Å²) in [5.41, 5.74) is 0.289. The van der Waals surface area contributed by atoms with Gasteiger partial charge >= 0.3 is 0 Å². The maximum Gasteiger partial charge on any atom is 0.276 e. The van der Waals surface area contributed by atoms with Crippen molar-refractivity contribution in [3.63, 3.8) is 0 Å². The van der Waals surface area contributed by atoms with Crippen LogP contribution in [0.5, 0.6) is 0 Å². The standard InChI is InChI=1S/C15H16ClF2N3O/c1-5-10-11(15(4,17)18)7-19-21(14(10)22)13-8(2)6-12(16)9(3)20-13/h6-7H,5H2,1-4H3. The molecule has 4 nitrogen and oxygen atoms in total. The van der Waals surface area contributed by atoms with E-state index in [1.54, 1.807) is 26.8 Å². The summed E-state index contributed by atoms with van der Waals surface area (Å²) in [7, 11) is 0. The summed E-state index contributed by atoms with van der Waals surface area (Å²) in [4.78, 5) is 16.8. The Labute approximate surface area is 131 Å². The molecular weight excluding hydrogens is 312 g/mol. The molecule has 0 aromatic carbocycles. The first-order chi connectivity index (χ1) is 10.2. The second kappa shape index (κ2) is 5.76. The molecule has 0 spiro atoms. The fourth-order valence-corrected chi connectivity index (χ4v) is 2.44. The van der Waals surface area contributed by atoms with E-state index in [0.29, 0.717) is 22.1 Å². The second-order valence-corrected chi connectivity index (χ2v) is 5.60. The summed E-state index contributed by atoms with van der Waals surface area (Å²) in [6.45, 7) is 5.84. The molecule has 118 valence electrons. The molecule has 0 aliphatic rings. The summed E-state index contributed by atoms with van der Waals surface area (Å²) in [6, 6.07) is 1.67. The van der Waals surface area contributed by atoms with E-state index in [4.69, 9.17) is 11.6 Å². The van der Waals surface area contributed by atoms with Crippen LogP contribution >= 0.6 is 11.6 Å². The molecule has 0 saturated carbocycles. The Balaban J connectivity index is 2.74. The van der Waals surface area contributed by atoms with E-state index in [1.807, 2.05) is 0 Å². The molecule has 0 radical (unpaired) electrons.